The Morgan fingerprint density at radius 1 is 1.05 bits per heavy atom. The Morgan fingerprint density at radius 3 is 2.71 bits per heavy atom. The van der Waals surface area contributed by atoms with Gasteiger partial charge >= 0.3 is 0 Å². The zero-order valence-corrected chi connectivity index (χ0v) is 12.3. The highest BCUT2D eigenvalue weighted by atomic mass is 79.9. The number of nitrogens with one attached hydrogen (secondary N) is 1. The van der Waals surface area contributed by atoms with Crippen LogP contribution in [-0.2, 0) is 0 Å². The number of hydrogen-bond acceptors (Lipinski definition) is 4. The van der Waals surface area contributed by atoms with Gasteiger partial charge in [-0.05, 0) is 34.1 Å². The molecule has 102 valence electrons. The SMILES string of the molecule is Brc1cnc2[nH]cc(-c3nnc(-c4ccccc4)o3)c2c1. The fourth-order valence-corrected chi connectivity index (χ4v) is 2.52. The lowest BCUT2D eigenvalue weighted by Crippen LogP contribution is -1.78. The molecule has 0 saturated carbocycles. The van der Waals surface area contributed by atoms with Gasteiger partial charge in [-0.15, -0.1) is 10.2 Å². The number of H-pyrrole nitrogens is 1. The number of pyridine rings is 1. The summed E-state index contributed by atoms with van der Waals surface area (Å²) in [6.45, 7) is 0. The van der Waals surface area contributed by atoms with E-state index in [0.717, 1.165) is 26.6 Å². The van der Waals surface area contributed by atoms with E-state index in [9.17, 15) is 0 Å². The summed E-state index contributed by atoms with van der Waals surface area (Å²) < 4.78 is 6.68. The van der Waals surface area contributed by atoms with Crippen LogP contribution in [0.2, 0.25) is 0 Å². The van der Waals surface area contributed by atoms with Gasteiger partial charge in [0.05, 0.1) is 5.56 Å². The molecule has 0 aliphatic carbocycles. The Morgan fingerprint density at radius 2 is 1.86 bits per heavy atom. The topological polar surface area (TPSA) is 67.6 Å². The monoisotopic (exact) mass is 340 g/mol. The summed E-state index contributed by atoms with van der Waals surface area (Å²) in [7, 11) is 0. The van der Waals surface area contributed by atoms with Crippen molar-refractivity contribution in [1.29, 1.82) is 0 Å². The third kappa shape index (κ3) is 2.13. The Kier molecular flexibility index (Phi) is 2.82. The summed E-state index contributed by atoms with van der Waals surface area (Å²) in [4.78, 5) is 7.40. The summed E-state index contributed by atoms with van der Waals surface area (Å²) in [6.07, 6.45) is 3.57. The van der Waals surface area contributed by atoms with Gasteiger partial charge in [-0.25, -0.2) is 4.98 Å². The van der Waals surface area contributed by atoms with E-state index in [4.69, 9.17) is 4.42 Å². The molecule has 21 heavy (non-hydrogen) atoms. The lowest BCUT2D eigenvalue weighted by atomic mass is 10.2. The fourth-order valence-electron chi connectivity index (χ4n) is 2.18. The van der Waals surface area contributed by atoms with Gasteiger partial charge in [0, 0.05) is 27.8 Å². The summed E-state index contributed by atoms with van der Waals surface area (Å²) in [5.41, 5.74) is 2.52. The average Bonchev–Trinajstić information content (AvgIpc) is 3.14. The maximum atomic E-state index is 5.78. The smallest absolute Gasteiger partial charge is 0.250 e. The van der Waals surface area contributed by atoms with Gasteiger partial charge in [0.15, 0.2) is 0 Å². The zero-order chi connectivity index (χ0) is 14.2. The summed E-state index contributed by atoms with van der Waals surface area (Å²) in [6, 6.07) is 11.7. The second-order valence-corrected chi connectivity index (χ2v) is 5.45. The van der Waals surface area contributed by atoms with Crippen LogP contribution in [-0.4, -0.2) is 20.2 Å². The number of aromatic nitrogens is 4. The molecule has 3 aromatic heterocycles. The van der Waals surface area contributed by atoms with Crippen LogP contribution < -0.4 is 0 Å². The van der Waals surface area contributed by atoms with Gasteiger partial charge in [-0.1, -0.05) is 18.2 Å². The van der Waals surface area contributed by atoms with Crippen molar-refractivity contribution in [2.75, 3.05) is 0 Å². The first-order valence-corrected chi connectivity index (χ1v) is 7.12. The van der Waals surface area contributed by atoms with Crippen LogP contribution in [0.25, 0.3) is 33.9 Å². The first kappa shape index (κ1) is 12.3. The minimum Gasteiger partial charge on any atom is -0.416 e. The van der Waals surface area contributed by atoms with E-state index in [1.165, 1.54) is 0 Å². The molecule has 0 spiro atoms. The largest absolute Gasteiger partial charge is 0.416 e. The minimum absolute atomic E-state index is 0.472. The Hall–Kier alpha value is -2.47. The van der Waals surface area contributed by atoms with Crippen molar-refractivity contribution < 1.29 is 4.42 Å². The van der Waals surface area contributed by atoms with Crippen molar-refractivity contribution >= 4 is 27.0 Å². The van der Waals surface area contributed by atoms with Gasteiger partial charge in [-0.3, -0.25) is 0 Å². The van der Waals surface area contributed by atoms with E-state index in [2.05, 4.69) is 36.1 Å². The molecule has 0 aliphatic rings. The van der Waals surface area contributed by atoms with Crippen LogP contribution in [0.4, 0.5) is 0 Å². The van der Waals surface area contributed by atoms with E-state index >= 15 is 0 Å². The zero-order valence-electron chi connectivity index (χ0n) is 10.7. The van der Waals surface area contributed by atoms with E-state index in [0.29, 0.717) is 11.8 Å². The first-order chi connectivity index (χ1) is 10.3. The summed E-state index contributed by atoms with van der Waals surface area (Å²) >= 11 is 3.42. The Bertz CT molecular complexity index is 914. The van der Waals surface area contributed by atoms with Crippen LogP contribution in [0.3, 0.4) is 0 Å². The molecule has 0 radical (unpaired) electrons. The number of rotatable bonds is 2. The third-order valence-corrected chi connectivity index (χ3v) is 3.61. The van der Waals surface area contributed by atoms with Gasteiger partial charge < -0.3 is 9.40 Å². The first-order valence-electron chi connectivity index (χ1n) is 6.33. The molecule has 3 heterocycles. The highest BCUT2D eigenvalue weighted by Crippen LogP contribution is 2.30. The third-order valence-electron chi connectivity index (χ3n) is 3.17. The van der Waals surface area contributed by atoms with Crippen molar-refractivity contribution in [3.63, 3.8) is 0 Å². The molecule has 0 saturated heterocycles. The number of halogens is 1. The van der Waals surface area contributed by atoms with Crippen LogP contribution in [0, 0.1) is 0 Å². The lowest BCUT2D eigenvalue weighted by Gasteiger charge is -1.94. The molecule has 4 aromatic rings. The maximum Gasteiger partial charge on any atom is 0.250 e. The predicted molar refractivity (Wildman–Crippen MR) is 82.5 cm³/mol. The summed E-state index contributed by atoms with van der Waals surface area (Å²) in [5, 5.41) is 9.18. The van der Waals surface area contributed by atoms with Crippen molar-refractivity contribution in [2.24, 2.45) is 0 Å². The molecule has 0 aliphatic heterocycles. The van der Waals surface area contributed by atoms with Gasteiger partial charge in [-0.2, -0.15) is 0 Å². The quantitative estimate of drug-likeness (QED) is 0.597. The highest BCUT2D eigenvalue weighted by Gasteiger charge is 2.15. The fraction of sp³-hybridized carbons (Fsp3) is 0. The van der Waals surface area contributed by atoms with Crippen LogP contribution >= 0.6 is 15.9 Å². The average molecular weight is 341 g/mol. The van der Waals surface area contributed by atoms with E-state index < -0.39 is 0 Å². The standard InChI is InChI=1S/C15H9BrN4O/c16-10-6-11-12(8-18-13(11)17-7-10)15-20-19-14(21-15)9-4-2-1-3-5-9/h1-8H,(H,17,18). The summed E-state index contributed by atoms with van der Waals surface area (Å²) in [5.74, 6) is 0.975. The molecular formula is C15H9BrN4O. The van der Waals surface area contributed by atoms with Crippen molar-refractivity contribution in [3.05, 3.63) is 53.3 Å². The number of fused-ring (bicyclic) bond motifs is 1. The molecule has 0 atom stereocenters. The molecule has 5 nitrogen and oxygen atoms in total. The molecule has 4 rings (SSSR count). The molecule has 0 bridgehead atoms. The van der Waals surface area contributed by atoms with Gasteiger partial charge in [0.1, 0.15) is 5.65 Å². The Balaban J connectivity index is 1.83. The second kappa shape index (κ2) is 4.82. The minimum atomic E-state index is 0.472. The van der Waals surface area contributed by atoms with Gasteiger partial charge in [0.25, 0.3) is 0 Å². The normalized spacial score (nSPS) is 11.1. The molecular weight excluding hydrogens is 332 g/mol. The van der Waals surface area contributed by atoms with E-state index in [1.54, 1.807) is 6.20 Å². The number of aromatic amines is 1. The molecule has 1 N–H and O–H groups in total. The molecule has 0 fully saturated rings. The molecule has 0 amide bonds. The van der Waals surface area contributed by atoms with Gasteiger partial charge in [0.2, 0.25) is 11.8 Å². The highest BCUT2D eigenvalue weighted by molar-refractivity contribution is 9.10. The molecule has 1 aromatic carbocycles. The van der Waals surface area contributed by atoms with Crippen molar-refractivity contribution in [2.45, 2.75) is 0 Å². The number of hydrogen-bond donors (Lipinski definition) is 1. The van der Waals surface area contributed by atoms with E-state index in [-0.39, 0.29) is 0 Å². The predicted octanol–water partition coefficient (Wildman–Crippen LogP) is 4.04. The number of nitrogens with zero attached hydrogens (tertiary/aromatic N) is 3. The Labute approximate surface area is 128 Å². The number of benzene rings is 1. The maximum absolute atomic E-state index is 5.78. The van der Waals surface area contributed by atoms with Crippen LogP contribution in [0.1, 0.15) is 0 Å². The van der Waals surface area contributed by atoms with Crippen molar-refractivity contribution in [3.8, 4) is 22.9 Å². The second-order valence-electron chi connectivity index (χ2n) is 4.53. The van der Waals surface area contributed by atoms with Crippen LogP contribution in [0.15, 0.2) is 57.7 Å². The van der Waals surface area contributed by atoms with Crippen molar-refractivity contribution in [1.82, 2.24) is 20.2 Å². The van der Waals surface area contributed by atoms with Crippen LogP contribution in [0.5, 0.6) is 0 Å². The molecule has 6 heteroatoms. The lowest BCUT2D eigenvalue weighted by molar-refractivity contribution is 0.585. The van der Waals surface area contributed by atoms with E-state index in [1.807, 2.05) is 42.6 Å². The molecule has 0 unspecified atom stereocenters.